The van der Waals surface area contributed by atoms with Crippen molar-refractivity contribution in [2.24, 2.45) is 0 Å². The first-order chi connectivity index (χ1) is 4.41. The third kappa shape index (κ3) is 10.4. The predicted molar refractivity (Wildman–Crippen MR) is 42.3 cm³/mol. The first-order valence-electron chi connectivity index (χ1n) is 2.57. The second-order valence-electron chi connectivity index (χ2n) is 1.25. The van der Waals surface area contributed by atoms with Gasteiger partial charge in [0, 0.05) is 19.4 Å². The molecule has 4 heteroatoms. The van der Waals surface area contributed by atoms with Crippen LogP contribution < -0.4 is 5.48 Å². The maximum absolute atomic E-state index is 7.32. The zero-order valence-electron chi connectivity index (χ0n) is 5.69. The average molecular weight is 163 g/mol. The Balaban J connectivity index is 0. The number of hydrogen-bond donors (Lipinski definition) is 2. The van der Waals surface area contributed by atoms with E-state index in [9.17, 15) is 0 Å². The molecule has 3 nitrogen and oxygen atoms in total. The fourth-order valence-electron chi connectivity index (χ4n) is 0.313. The van der Waals surface area contributed by atoms with Crippen molar-refractivity contribution in [1.29, 1.82) is 0 Å². The van der Waals surface area contributed by atoms with E-state index in [1.54, 1.807) is 17.9 Å². The average Bonchev–Trinajstić information content (AvgIpc) is 1.93. The first kappa shape index (κ1) is 12.1. The van der Waals surface area contributed by atoms with E-state index < -0.39 is 0 Å². The highest BCUT2D eigenvalue weighted by atomic mass is 35.5. The minimum atomic E-state index is 0. The molecule has 0 aliphatic rings. The molecule has 0 fully saturated rings. The minimum absolute atomic E-state index is 0. The Labute approximate surface area is 66.5 Å². The van der Waals surface area contributed by atoms with E-state index in [2.05, 4.69) is 4.98 Å². The molecule has 2 N–H and O–H groups in total. The number of nitrogens with one attached hydrogen (secondary N) is 1. The quantitative estimate of drug-likeness (QED) is 0.562. The monoisotopic (exact) mass is 162 g/mol. The second-order valence-corrected chi connectivity index (χ2v) is 1.25. The summed E-state index contributed by atoms with van der Waals surface area (Å²) in [5.41, 5.74) is 1.75. The number of nitrogens with zero attached hydrogens (tertiary/aromatic N) is 1. The summed E-state index contributed by atoms with van der Waals surface area (Å²) in [6.07, 6.45) is 3.50. The first-order valence-corrected chi connectivity index (χ1v) is 2.57. The highest BCUT2D eigenvalue weighted by Gasteiger charge is 1.58. The van der Waals surface area contributed by atoms with Crippen molar-refractivity contribution in [3.05, 3.63) is 30.6 Å². The van der Waals surface area contributed by atoms with Crippen molar-refractivity contribution in [3.63, 3.8) is 0 Å². The maximum Gasteiger partial charge on any atom is 0.0267 e. The van der Waals surface area contributed by atoms with Gasteiger partial charge >= 0.3 is 0 Å². The standard InChI is InChI=1S/C5H5N.CH5NO.ClH/c1-2-4-6-5-3-1;1-2-3;/h1-5H;2-3H,1H3;1H. The highest BCUT2D eigenvalue weighted by molar-refractivity contribution is 5.85. The highest BCUT2D eigenvalue weighted by Crippen LogP contribution is 1.73. The SMILES string of the molecule is CNO.Cl.c1ccncc1. The number of pyridine rings is 1. The summed E-state index contributed by atoms with van der Waals surface area (Å²) < 4.78 is 0. The molecular weight excluding hydrogens is 152 g/mol. The summed E-state index contributed by atoms with van der Waals surface area (Å²) in [5.74, 6) is 0. The number of hydroxylamine groups is 1. The Kier molecular flexibility index (Phi) is 13.5. The maximum atomic E-state index is 7.32. The Morgan fingerprint density at radius 3 is 1.70 bits per heavy atom. The van der Waals surface area contributed by atoms with Crippen LogP contribution in [0.25, 0.3) is 0 Å². The van der Waals surface area contributed by atoms with Crippen LogP contribution in [0.4, 0.5) is 0 Å². The lowest BCUT2D eigenvalue weighted by molar-refractivity contribution is 0.194. The Bertz CT molecular complexity index is 98.6. The van der Waals surface area contributed by atoms with Crippen LogP contribution >= 0.6 is 12.4 Å². The molecule has 1 aromatic rings. The van der Waals surface area contributed by atoms with Gasteiger partial charge in [-0.15, -0.1) is 12.4 Å². The predicted octanol–water partition coefficient (Wildman–Crippen LogP) is 1.10. The normalized spacial score (nSPS) is 6.60. The van der Waals surface area contributed by atoms with E-state index in [1.165, 1.54) is 7.05 Å². The summed E-state index contributed by atoms with van der Waals surface area (Å²) in [4.78, 5) is 3.78. The molecule has 0 aliphatic heterocycles. The lowest BCUT2D eigenvalue weighted by atomic mass is 10.5. The van der Waals surface area contributed by atoms with E-state index in [0.29, 0.717) is 0 Å². The van der Waals surface area contributed by atoms with Gasteiger partial charge in [0.15, 0.2) is 0 Å². The van der Waals surface area contributed by atoms with Crippen molar-refractivity contribution in [2.45, 2.75) is 0 Å². The van der Waals surface area contributed by atoms with Crippen LogP contribution in [-0.2, 0) is 0 Å². The minimum Gasteiger partial charge on any atom is -0.317 e. The molecule has 0 saturated carbocycles. The Morgan fingerprint density at radius 1 is 1.20 bits per heavy atom. The lowest BCUT2D eigenvalue weighted by Crippen LogP contribution is -1.91. The molecule has 0 bridgehead atoms. The number of rotatable bonds is 0. The third-order valence-corrected chi connectivity index (χ3v) is 0.566. The molecule has 1 rings (SSSR count). The molecule has 0 aliphatic carbocycles. The number of aromatic nitrogens is 1. The van der Waals surface area contributed by atoms with Gasteiger partial charge in [-0.2, -0.15) is 0 Å². The van der Waals surface area contributed by atoms with Gasteiger partial charge in [0.05, 0.1) is 0 Å². The largest absolute Gasteiger partial charge is 0.317 e. The van der Waals surface area contributed by atoms with Crippen molar-refractivity contribution in [3.8, 4) is 0 Å². The Hall–Kier alpha value is -0.640. The van der Waals surface area contributed by atoms with Gasteiger partial charge in [-0.3, -0.25) is 4.98 Å². The van der Waals surface area contributed by atoms with Gasteiger partial charge in [0.1, 0.15) is 0 Å². The topological polar surface area (TPSA) is 45.1 Å². The van der Waals surface area contributed by atoms with Gasteiger partial charge in [0.2, 0.25) is 0 Å². The van der Waals surface area contributed by atoms with E-state index in [1.807, 2.05) is 18.2 Å². The van der Waals surface area contributed by atoms with Crippen molar-refractivity contribution < 1.29 is 5.21 Å². The number of hydrogen-bond acceptors (Lipinski definition) is 3. The fraction of sp³-hybridized carbons (Fsp3) is 0.167. The van der Waals surface area contributed by atoms with Crippen molar-refractivity contribution in [1.82, 2.24) is 10.5 Å². The molecular formula is C6H11ClN2O. The summed E-state index contributed by atoms with van der Waals surface area (Å²) in [7, 11) is 1.43. The van der Waals surface area contributed by atoms with Gasteiger partial charge in [-0.05, 0) is 12.1 Å². The summed E-state index contributed by atoms with van der Waals surface area (Å²) in [6.45, 7) is 0. The van der Waals surface area contributed by atoms with Crippen LogP contribution in [0.5, 0.6) is 0 Å². The van der Waals surface area contributed by atoms with Crippen LogP contribution in [0.3, 0.4) is 0 Å². The van der Waals surface area contributed by atoms with Gasteiger partial charge in [0.25, 0.3) is 0 Å². The zero-order chi connectivity index (χ0) is 6.95. The zero-order valence-corrected chi connectivity index (χ0v) is 6.51. The molecule has 0 spiro atoms. The van der Waals surface area contributed by atoms with Crippen LogP contribution in [0.1, 0.15) is 0 Å². The molecule has 1 aromatic heterocycles. The Morgan fingerprint density at radius 2 is 1.60 bits per heavy atom. The van der Waals surface area contributed by atoms with Crippen LogP contribution in [0, 0.1) is 0 Å². The van der Waals surface area contributed by atoms with Gasteiger partial charge in [-0.1, -0.05) is 6.07 Å². The lowest BCUT2D eigenvalue weighted by Gasteiger charge is -1.70. The van der Waals surface area contributed by atoms with Gasteiger partial charge in [-0.25, -0.2) is 5.48 Å². The van der Waals surface area contributed by atoms with Gasteiger partial charge < -0.3 is 5.21 Å². The smallest absolute Gasteiger partial charge is 0.0267 e. The molecule has 0 unspecified atom stereocenters. The van der Waals surface area contributed by atoms with E-state index in [4.69, 9.17) is 5.21 Å². The second kappa shape index (κ2) is 11.2. The molecule has 0 saturated heterocycles. The number of halogens is 1. The van der Waals surface area contributed by atoms with Crippen LogP contribution in [-0.4, -0.2) is 17.2 Å². The van der Waals surface area contributed by atoms with E-state index >= 15 is 0 Å². The van der Waals surface area contributed by atoms with Crippen molar-refractivity contribution in [2.75, 3.05) is 7.05 Å². The summed E-state index contributed by atoms with van der Waals surface area (Å²) in [6, 6.07) is 5.72. The summed E-state index contributed by atoms with van der Waals surface area (Å²) >= 11 is 0. The van der Waals surface area contributed by atoms with E-state index in [-0.39, 0.29) is 12.4 Å². The molecule has 10 heavy (non-hydrogen) atoms. The van der Waals surface area contributed by atoms with E-state index in [0.717, 1.165) is 0 Å². The molecule has 0 radical (unpaired) electrons. The molecule has 0 atom stereocenters. The van der Waals surface area contributed by atoms with Crippen LogP contribution in [0.2, 0.25) is 0 Å². The molecule has 0 aromatic carbocycles. The third-order valence-electron chi connectivity index (χ3n) is 0.566. The fourth-order valence-corrected chi connectivity index (χ4v) is 0.313. The van der Waals surface area contributed by atoms with Crippen molar-refractivity contribution >= 4 is 12.4 Å². The molecule has 58 valence electrons. The summed E-state index contributed by atoms with van der Waals surface area (Å²) in [5, 5.41) is 7.32. The van der Waals surface area contributed by atoms with Crippen LogP contribution in [0.15, 0.2) is 30.6 Å². The molecule has 1 heterocycles. The molecule has 0 amide bonds.